The minimum atomic E-state index is -0.882. The Bertz CT molecular complexity index is 1340. The maximum absolute atomic E-state index is 12.8. The van der Waals surface area contributed by atoms with Crippen LogP contribution in [0.25, 0.3) is 0 Å². The molecule has 10 nitrogen and oxygen atoms in total. The number of amides is 4. The van der Waals surface area contributed by atoms with E-state index in [1.54, 1.807) is 65.8 Å². The number of benzene rings is 2. The van der Waals surface area contributed by atoms with Crippen LogP contribution < -0.4 is 21.3 Å². The van der Waals surface area contributed by atoms with Gasteiger partial charge in [-0.1, -0.05) is 75.7 Å². The molecule has 238 valence electrons. The summed E-state index contributed by atoms with van der Waals surface area (Å²) in [7, 11) is 0. The molecule has 0 unspecified atom stereocenters. The second-order valence-corrected chi connectivity index (χ2v) is 12.4. The fourth-order valence-electron chi connectivity index (χ4n) is 3.72. The third-order valence-corrected chi connectivity index (χ3v) is 7.17. The van der Waals surface area contributed by atoms with Crippen molar-refractivity contribution in [2.45, 2.75) is 76.5 Å². The van der Waals surface area contributed by atoms with E-state index in [0.717, 1.165) is 27.4 Å². The van der Waals surface area contributed by atoms with E-state index in [-0.39, 0.29) is 19.1 Å². The molecule has 0 aliphatic carbocycles. The van der Waals surface area contributed by atoms with Gasteiger partial charge >= 0.3 is 12.2 Å². The van der Waals surface area contributed by atoms with Crippen LogP contribution in [0.3, 0.4) is 0 Å². The molecule has 0 aromatic heterocycles. The molecular formula is C32H40Br2N4O6. The number of halogens is 2. The number of carbonyl (C=O) groups excluding carboxylic acids is 4. The minimum absolute atomic E-state index is 0.0308. The van der Waals surface area contributed by atoms with Gasteiger partial charge in [-0.3, -0.25) is 9.59 Å². The Balaban J connectivity index is 1.81. The van der Waals surface area contributed by atoms with Crippen LogP contribution >= 0.6 is 31.9 Å². The van der Waals surface area contributed by atoms with Crippen molar-refractivity contribution < 1.29 is 28.7 Å². The van der Waals surface area contributed by atoms with E-state index in [1.165, 1.54) is 0 Å². The van der Waals surface area contributed by atoms with Gasteiger partial charge in [0.05, 0.1) is 6.54 Å². The van der Waals surface area contributed by atoms with E-state index in [9.17, 15) is 19.2 Å². The predicted molar refractivity (Wildman–Crippen MR) is 177 cm³/mol. The normalized spacial score (nSPS) is 12.2. The summed E-state index contributed by atoms with van der Waals surface area (Å²) in [6, 6.07) is 11.1. The van der Waals surface area contributed by atoms with Crippen LogP contribution in [0.4, 0.5) is 15.3 Å². The van der Waals surface area contributed by atoms with E-state index in [2.05, 4.69) is 71.0 Å². The average molecular weight is 737 g/mol. The number of anilines is 1. The molecule has 2 atom stereocenters. The number of nitrogens with one attached hydrogen (secondary N) is 4. The van der Waals surface area contributed by atoms with Gasteiger partial charge in [-0.25, -0.2) is 9.59 Å². The van der Waals surface area contributed by atoms with E-state index >= 15 is 0 Å². The van der Waals surface area contributed by atoms with Gasteiger partial charge < -0.3 is 30.7 Å². The lowest BCUT2D eigenvalue weighted by molar-refractivity contribution is -0.128. The van der Waals surface area contributed by atoms with E-state index < -0.39 is 41.7 Å². The van der Waals surface area contributed by atoms with Crippen LogP contribution in [0.15, 0.2) is 42.5 Å². The average Bonchev–Trinajstić information content (AvgIpc) is 2.96. The third kappa shape index (κ3) is 13.4. The maximum Gasteiger partial charge on any atom is 0.408 e. The summed E-state index contributed by atoms with van der Waals surface area (Å²) in [6.45, 7) is 10.5. The summed E-state index contributed by atoms with van der Waals surface area (Å²) < 4.78 is 10.5. The standard InChI is InChI=1S/C32H40Br2N4O6/c1-20(2)27(38-31(42)44-32(4,5)6)29(40)36-21(3)28(39)37-26-11-9-22(10-12-26)19-43-30(41)35-13-7-8-23-14-24(17-33)16-25(15-23)18-34/h9-12,14-16,20-21,27H,13,17-19H2,1-6H3,(H,35,41)(H,36,40)(H,37,39)(H,38,42)/t21-,27-/m0/s1. The maximum atomic E-state index is 12.8. The fourth-order valence-corrected chi connectivity index (χ4v) is 4.37. The van der Waals surface area contributed by atoms with Crippen LogP contribution in [0.1, 0.15) is 63.8 Å². The third-order valence-electron chi connectivity index (χ3n) is 5.88. The van der Waals surface area contributed by atoms with Crippen molar-refractivity contribution in [2.75, 3.05) is 11.9 Å². The molecule has 0 radical (unpaired) electrons. The molecule has 12 heteroatoms. The van der Waals surface area contributed by atoms with Gasteiger partial charge in [0.15, 0.2) is 0 Å². The summed E-state index contributed by atoms with van der Waals surface area (Å²) in [6.07, 6.45) is -1.31. The minimum Gasteiger partial charge on any atom is -0.445 e. The molecule has 0 saturated heterocycles. The Morgan fingerprint density at radius 2 is 1.45 bits per heavy atom. The molecule has 44 heavy (non-hydrogen) atoms. The largest absolute Gasteiger partial charge is 0.445 e. The van der Waals surface area contributed by atoms with Gasteiger partial charge in [0, 0.05) is 21.9 Å². The summed E-state index contributed by atoms with van der Waals surface area (Å²) in [5.74, 6) is 4.79. The first-order valence-corrected chi connectivity index (χ1v) is 16.3. The van der Waals surface area contributed by atoms with Gasteiger partial charge in [-0.2, -0.15) is 0 Å². The topological polar surface area (TPSA) is 135 Å². The Kier molecular flexibility index (Phi) is 14.7. The van der Waals surface area contributed by atoms with Crippen LogP contribution in [-0.4, -0.2) is 48.2 Å². The van der Waals surface area contributed by atoms with Gasteiger partial charge in [0.25, 0.3) is 0 Å². The summed E-state index contributed by atoms with van der Waals surface area (Å²) >= 11 is 6.91. The first-order chi connectivity index (χ1) is 20.7. The number of hydrogen-bond acceptors (Lipinski definition) is 6. The summed E-state index contributed by atoms with van der Waals surface area (Å²) in [5, 5.41) is 12.0. The van der Waals surface area contributed by atoms with Crippen molar-refractivity contribution in [1.29, 1.82) is 0 Å². The summed E-state index contributed by atoms with van der Waals surface area (Å²) in [4.78, 5) is 49.7. The van der Waals surface area contributed by atoms with E-state index in [4.69, 9.17) is 9.47 Å². The second-order valence-electron chi connectivity index (χ2n) is 11.3. The second kappa shape index (κ2) is 17.7. The van der Waals surface area contributed by atoms with Crippen LogP contribution in [-0.2, 0) is 36.3 Å². The number of ether oxygens (including phenoxy) is 2. The predicted octanol–water partition coefficient (Wildman–Crippen LogP) is 5.75. The molecule has 0 heterocycles. The van der Waals surface area contributed by atoms with Crippen molar-refractivity contribution in [3.05, 3.63) is 64.7 Å². The molecule has 2 aromatic carbocycles. The highest BCUT2D eigenvalue weighted by Crippen LogP contribution is 2.15. The number of carbonyl (C=O) groups is 4. The zero-order valence-electron chi connectivity index (χ0n) is 25.8. The van der Waals surface area contributed by atoms with Crippen molar-refractivity contribution in [2.24, 2.45) is 5.92 Å². The highest BCUT2D eigenvalue weighted by atomic mass is 79.9. The van der Waals surface area contributed by atoms with E-state index in [1.807, 2.05) is 12.1 Å². The van der Waals surface area contributed by atoms with Gasteiger partial charge in [0.2, 0.25) is 11.8 Å². The van der Waals surface area contributed by atoms with Crippen molar-refractivity contribution in [3.8, 4) is 11.8 Å². The zero-order chi connectivity index (χ0) is 32.9. The molecule has 2 rings (SSSR count). The first kappa shape index (κ1) is 36.6. The first-order valence-electron chi connectivity index (χ1n) is 14.0. The molecule has 0 spiro atoms. The highest BCUT2D eigenvalue weighted by Gasteiger charge is 2.29. The summed E-state index contributed by atoms with van der Waals surface area (Å²) in [5.41, 5.74) is 3.61. The molecule has 0 aliphatic heterocycles. The molecule has 0 fully saturated rings. The lowest BCUT2D eigenvalue weighted by Crippen LogP contribution is -2.54. The zero-order valence-corrected chi connectivity index (χ0v) is 29.0. The number of alkyl halides is 2. The lowest BCUT2D eigenvalue weighted by atomic mass is 10.0. The fraction of sp³-hybridized carbons (Fsp3) is 0.438. The number of hydrogen-bond donors (Lipinski definition) is 4. The quantitative estimate of drug-likeness (QED) is 0.172. The smallest absolute Gasteiger partial charge is 0.408 e. The molecule has 0 bridgehead atoms. The molecule has 2 aromatic rings. The molecular weight excluding hydrogens is 696 g/mol. The van der Waals surface area contributed by atoms with Crippen LogP contribution in [0.5, 0.6) is 0 Å². The molecule has 4 amide bonds. The molecule has 0 saturated carbocycles. The molecule has 4 N–H and O–H groups in total. The molecule has 0 aliphatic rings. The Hall–Kier alpha value is -3.56. The van der Waals surface area contributed by atoms with Crippen molar-refractivity contribution in [3.63, 3.8) is 0 Å². The SMILES string of the molecule is CC(C)[C@H](NC(=O)OC(C)(C)C)C(=O)N[C@@H](C)C(=O)Nc1ccc(COC(=O)NCC#Cc2cc(CBr)cc(CBr)c2)cc1. The Morgan fingerprint density at radius 1 is 0.841 bits per heavy atom. The van der Waals surface area contributed by atoms with Gasteiger partial charge in [0.1, 0.15) is 24.3 Å². The number of alkyl carbamates (subject to hydrolysis) is 2. The Morgan fingerprint density at radius 3 is 2.00 bits per heavy atom. The number of rotatable bonds is 11. The van der Waals surface area contributed by atoms with Gasteiger partial charge in [-0.15, -0.1) is 0 Å². The van der Waals surface area contributed by atoms with Crippen molar-refractivity contribution in [1.82, 2.24) is 16.0 Å². The lowest BCUT2D eigenvalue weighted by Gasteiger charge is -2.26. The monoisotopic (exact) mass is 734 g/mol. The van der Waals surface area contributed by atoms with Gasteiger partial charge in [-0.05, 0) is 74.6 Å². The van der Waals surface area contributed by atoms with E-state index in [0.29, 0.717) is 11.3 Å². The Labute approximate surface area is 276 Å². The highest BCUT2D eigenvalue weighted by molar-refractivity contribution is 9.08. The van der Waals surface area contributed by atoms with Crippen molar-refractivity contribution >= 4 is 61.5 Å². The van der Waals surface area contributed by atoms with Crippen LogP contribution in [0.2, 0.25) is 0 Å². The van der Waals surface area contributed by atoms with Crippen LogP contribution in [0, 0.1) is 17.8 Å².